The number of aromatic nitrogens is 4. The van der Waals surface area contributed by atoms with Gasteiger partial charge in [0.15, 0.2) is 16.8 Å². The highest BCUT2D eigenvalue weighted by molar-refractivity contribution is 7.92. The molecule has 0 bridgehead atoms. The van der Waals surface area contributed by atoms with E-state index in [2.05, 4.69) is 9.88 Å². The second kappa shape index (κ2) is 11.7. The van der Waals surface area contributed by atoms with Gasteiger partial charge in [0, 0.05) is 40.4 Å². The van der Waals surface area contributed by atoms with Gasteiger partial charge in [0.25, 0.3) is 0 Å². The molecule has 4 heterocycles. The van der Waals surface area contributed by atoms with Gasteiger partial charge in [0.2, 0.25) is 15.9 Å². The van der Waals surface area contributed by atoms with E-state index >= 15 is 0 Å². The second-order valence-electron chi connectivity index (χ2n) is 11.4. The molecule has 1 fully saturated rings. The summed E-state index contributed by atoms with van der Waals surface area (Å²) in [6, 6.07) is 15.6. The lowest BCUT2D eigenvalue weighted by Gasteiger charge is -2.35. The zero-order valence-electron chi connectivity index (χ0n) is 25.5. The first-order valence-electron chi connectivity index (χ1n) is 14.7. The number of sulfonamides is 1. The number of nitrogens with zero attached hydrogens (tertiary/aromatic N) is 5. The van der Waals surface area contributed by atoms with Gasteiger partial charge < -0.3 is 9.42 Å². The number of carbonyl (C=O) groups is 1. The van der Waals surface area contributed by atoms with Gasteiger partial charge in [-0.1, -0.05) is 23.4 Å². The van der Waals surface area contributed by atoms with Gasteiger partial charge in [-0.2, -0.15) is 0 Å². The number of imidazole rings is 1. The van der Waals surface area contributed by atoms with Crippen molar-refractivity contribution in [3.63, 3.8) is 0 Å². The maximum atomic E-state index is 14.4. The quantitative estimate of drug-likeness (QED) is 0.188. The predicted molar refractivity (Wildman–Crippen MR) is 176 cm³/mol. The lowest BCUT2D eigenvalue weighted by atomic mass is 9.99. The normalized spacial score (nSPS) is 15.5. The van der Waals surface area contributed by atoms with Gasteiger partial charge in [-0.05, 0) is 68.7 Å². The minimum atomic E-state index is -3.42. The number of hydrogen-bond donors (Lipinski definition) is 1. The van der Waals surface area contributed by atoms with Crippen LogP contribution in [0.5, 0.6) is 0 Å². The Morgan fingerprint density at radius 3 is 2.45 bits per heavy atom. The summed E-state index contributed by atoms with van der Waals surface area (Å²) >= 11 is 1.38. The van der Waals surface area contributed by atoms with Gasteiger partial charge in [-0.3, -0.25) is 14.1 Å². The molecule has 14 heteroatoms. The number of fused-ring (bicyclic) bond motifs is 1. The van der Waals surface area contributed by atoms with E-state index in [1.54, 1.807) is 24.3 Å². The highest BCUT2D eigenvalue weighted by atomic mass is 32.2. The molecule has 3 aromatic carbocycles. The van der Waals surface area contributed by atoms with Crippen LogP contribution in [0.2, 0.25) is 0 Å². The molecule has 0 saturated carbocycles. The first-order valence-corrected chi connectivity index (χ1v) is 17.5. The van der Waals surface area contributed by atoms with Crippen molar-refractivity contribution in [2.75, 3.05) is 15.9 Å². The molecule has 0 unspecified atom stereocenters. The molecule has 1 aliphatic heterocycles. The maximum absolute atomic E-state index is 14.4. The van der Waals surface area contributed by atoms with E-state index in [0.717, 1.165) is 46.3 Å². The molecule has 0 aliphatic carbocycles. The summed E-state index contributed by atoms with van der Waals surface area (Å²) < 4.78 is 61.4. The molecule has 1 aliphatic rings. The summed E-state index contributed by atoms with van der Waals surface area (Å²) in [5.41, 5.74) is 5.98. The fourth-order valence-corrected chi connectivity index (χ4v) is 7.49. The van der Waals surface area contributed by atoms with E-state index in [9.17, 15) is 22.0 Å². The monoisotopic (exact) mass is 674 g/mol. The minimum Gasteiger partial charge on any atom is -0.361 e. The van der Waals surface area contributed by atoms with E-state index in [1.165, 1.54) is 22.3 Å². The van der Waals surface area contributed by atoms with Crippen LogP contribution >= 0.6 is 11.3 Å². The number of amides is 1. The fourth-order valence-electron chi connectivity index (χ4n) is 6.07. The molecular formula is C33H28F2N6O4S2. The topological polar surface area (TPSA) is 123 Å². The van der Waals surface area contributed by atoms with Crippen LogP contribution in [0.15, 0.2) is 70.6 Å². The Hall–Kier alpha value is -4.95. The van der Waals surface area contributed by atoms with Crippen molar-refractivity contribution >= 4 is 49.7 Å². The highest BCUT2D eigenvalue weighted by Crippen LogP contribution is 2.40. The van der Waals surface area contributed by atoms with E-state index in [-0.39, 0.29) is 18.0 Å². The molecule has 1 atom stereocenters. The molecule has 47 heavy (non-hydrogen) atoms. The van der Waals surface area contributed by atoms with E-state index in [1.807, 2.05) is 42.0 Å². The Morgan fingerprint density at radius 2 is 1.74 bits per heavy atom. The molecule has 0 radical (unpaired) electrons. The van der Waals surface area contributed by atoms with Gasteiger partial charge in [-0.25, -0.2) is 27.2 Å². The molecular weight excluding hydrogens is 647 g/mol. The third-order valence-electron chi connectivity index (χ3n) is 8.10. The summed E-state index contributed by atoms with van der Waals surface area (Å²) in [6.07, 6.45) is 2.48. The average Bonchev–Trinajstić information content (AvgIpc) is 3.74. The van der Waals surface area contributed by atoms with Gasteiger partial charge in [0.05, 0.1) is 34.7 Å². The zero-order valence-corrected chi connectivity index (χ0v) is 27.1. The number of thiazole rings is 1. The molecule has 1 saturated heterocycles. The van der Waals surface area contributed by atoms with Crippen molar-refractivity contribution in [3.8, 4) is 27.5 Å². The second-order valence-corrected chi connectivity index (χ2v) is 14.0. The smallest absolute Gasteiger partial charge is 0.229 e. The van der Waals surface area contributed by atoms with Crippen LogP contribution in [0.4, 0.5) is 20.2 Å². The molecule has 3 aromatic heterocycles. The van der Waals surface area contributed by atoms with Crippen LogP contribution in [-0.4, -0.2) is 40.3 Å². The van der Waals surface area contributed by atoms with E-state index in [4.69, 9.17) is 14.5 Å². The van der Waals surface area contributed by atoms with Crippen molar-refractivity contribution in [3.05, 3.63) is 95.0 Å². The van der Waals surface area contributed by atoms with Crippen LogP contribution in [0.1, 0.15) is 42.6 Å². The molecule has 1 amide bonds. The number of aryl methyl sites for hydroxylation is 2. The number of benzene rings is 3. The third-order valence-corrected chi connectivity index (χ3v) is 9.53. The summed E-state index contributed by atoms with van der Waals surface area (Å²) in [4.78, 5) is 24.9. The van der Waals surface area contributed by atoms with Crippen LogP contribution in [-0.2, 0) is 14.8 Å². The standard InChI is InChI=1S/C33H28F2N6O4S2/c1-18-31(19(2)45-38-18)21-9-14-28-26(15-21)36-32(29-5-4-6-30(42)40(29)23-12-13-24(34)25(35)16-23)41(28)33-37-27(17-46-33)20-7-10-22(11-8-20)39-47(3,43)44/h7-17,29,39H,4-6H2,1-3H3/t29-/m0/s1. The molecule has 6 aromatic rings. The first kappa shape index (κ1) is 30.7. The fraction of sp³-hybridized carbons (Fsp3) is 0.212. The van der Waals surface area contributed by atoms with Crippen molar-refractivity contribution in [2.45, 2.75) is 39.2 Å². The lowest BCUT2D eigenvalue weighted by molar-refractivity contribution is -0.120. The van der Waals surface area contributed by atoms with Crippen molar-refractivity contribution in [2.24, 2.45) is 0 Å². The van der Waals surface area contributed by atoms with Crippen molar-refractivity contribution < 1.29 is 26.5 Å². The van der Waals surface area contributed by atoms with Gasteiger partial charge in [0.1, 0.15) is 11.6 Å². The van der Waals surface area contributed by atoms with Crippen LogP contribution in [0.3, 0.4) is 0 Å². The van der Waals surface area contributed by atoms with E-state index in [0.29, 0.717) is 46.5 Å². The van der Waals surface area contributed by atoms with E-state index < -0.39 is 27.7 Å². The van der Waals surface area contributed by atoms with Gasteiger partial charge >= 0.3 is 0 Å². The number of halogens is 2. The SMILES string of the molecule is Cc1noc(C)c1-c1ccc2c(c1)nc([C@@H]1CCCC(=O)N1c1ccc(F)c(F)c1)n2-c1nc(-c2ccc(NS(C)(=O)=O)cc2)cs1. The Bertz CT molecular complexity index is 2260. The Morgan fingerprint density at radius 1 is 0.979 bits per heavy atom. The van der Waals surface area contributed by atoms with Crippen molar-refractivity contribution in [1.29, 1.82) is 0 Å². The number of rotatable bonds is 7. The maximum Gasteiger partial charge on any atom is 0.229 e. The van der Waals surface area contributed by atoms with Crippen LogP contribution in [0.25, 0.3) is 38.5 Å². The predicted octanol–water partition coefficient (Wildman–Crippen LogP) is 7.33. The summed E-state index contributed by atoms with van der Waals surface area (Å²) in [5, 5.41) is 6.57. The molecule has 10 nitrogen and oxygen atoms in total. The Kier molecular flexibility index (Phi) is 7.63. The summed E-state index contributed by atoms with van der Waals surface area (Å²) in [5.74, 6) is -1.05. The Balaban J connectivity index is 1.37. The van der Waals surface area contributed by atoms with Gasteiger partial charge in [-0.15, -0.1) is 11.3 Å². The van der Waals surface area contributed by atoms with Crippen molar-refractivity contribution in [1.82, 2.24) is 19.7 Å². The van der Waals surface area contributed by atoms with Crippen LogP contribution in [0, 0.1) is 25.5 Å². The number of hydrogen-bond acceptors (Lipinski definition) is 8. The average molecular weight is 675 g/mol. The Labute approximate surface area is 272 Å². The molecule has 1 N–H and O–H groups in total. The summed E-state index contributed by atoms with van der Waals surface area (Å²) in [6.45, 7) is 3.71. The highest BCUT2D eigenvalue weighted by Gasteiger charge is 2.35. The minimum absolute atomic E-state index is 0.218. The number of piperidine rings is 1. The first-order chi connectivity index (χ1) is 22.5. The number of nitrogens with one attached hydrogen (secondary N) is 1. The third kappa shape index (κ3) is 5.78. The molecule has 0 spiro atoms. The molecule has 7 rings (SSSR count). The summed E-state index contributed by atoms with van der Waals surface area (Å²) in [7, 11) is -3.42. The zero-order chi connectivity index (χ0) is 33.0. The number of anilines is 2. The molecule has 240 valence electrons. The lowest BCUT2D eigenvalue weighted by Crippen LogP contribution is -2.39. The largest absolute Gasteiger partial charge is 0.361 e. The number of carbonyl (C=O) groups excluding carboxylic acids is 1. The van der Waals surface area contributed by atoms with Crippen LogP contribution < -0.4 is 9.62 Å².